The van der Waals surface area contributed by atoms with E-state index in [4.69, 9.17) is 27.6 Å². The third-order valence-corrected chi connectivity index (χ3v) is 5.39. The van der Waals surface area contributed by atoms with Crippen molar-refractivity contribution in [2.45, 2.75) is 13.3 Å². The summed E-state index contributed by atoms with van der Waals surface area (Å²) in [6.07, 6.45) is 6.47. The summed E-state index contributed by atoms with van der Waals surface area (Å²) in [5, 5.41) is 4.41. The number of nitrogens with one attached hydrogen (secondary N) is 1. The van der Waals surface area contributed by atoms with Crippen molar-refractivity contribution >= 4 is 51.8 Å². The third-order valence-electron chi connectivity index (χ3n) is 4.76. The number of aromatic nitrogens is 1. The highest BCUT2D eigenvalue weighted by Crippen LogP contribution is 2.33. The van der Waals surface area contributed by atoms with Crippen molar-refractivity contribution in [1.29, 1.82) is 0 Å². The molecule has 2 aromatic carbocycles. The molecule has 0 aliphatic carbocycles. The van der Waals surface area contributed by atoms with Crippen molar-refractivity contribution in [1.82, 2.24) is 4.98 Å². The van der Waals surface area contributed by atoms with Gasteiger partial charge in [-0.3, -0.25) is 9.78 Å². The van der Waals surface area contributed by atoms with Crippen molar-refractivity contribution in [3.05, 3.63) is 99.5 Å². The Balaban J connectivity index is 1.63. The van der Waals surface area contributed by atoms with Gasteiger partial charge in [-0.05, 0) is 49.8 Å². The molecule has 0 unspecified atom stereocenters. The summed E-state index contributed by atoms with van der Waals surface area (Å²) < 4.78 is 6.00. The number of pyridine rings is 1. The minimum absolute atomic E-state index is 0.236. The van der Waals surface area contributed by atoms with E-state index in [9.17, 15) is 4.79 Å². The van der Waals surface area contributed by atoms with Crippen LogP contribution in [0.4, 0.5) is 5.69 Å². The van der Waals surface area contributed by atoms with Crippen molar-refractivity contribution in [3.63, 3.8) is 0 Å². The topological polar surface area (TPSA) is 55.1 Å². The lowest BCUT2D eigenvalue weighted by Gasteiger charge is -2.09. The second kappa shape index (κ2) is 8.74. The molecule has 0 aliphatic rings. The number of nitrogens with zero attached hydrogens (tertiary/aromatic N) is 1. The molecule has 1 amide bonds. The van der Waals surface area contributed by atoms with Gasteiger partial charge in [-0.25, -0.2) is 0 Å². The number of aryl methyl sites for hydroxylation is 1. The van der Waals surface area contributed by atoms with Crippen LogP contribution in [0.1, 0.15) is 27.4 Å². The first-order valence-electron chi connectivity index (χ1n) is 9.38. The number of anilines is 1. The van der Waals surface area contributed by atoms with Gasteiger partial charge in [-0.2, -0.15) is 0 Å². The average Bonchev–Trinajstić information content (AvgIpc) is 3.05. The molecule has 150 valence electrons. The fraction of sp³-hybridized carbons (Fsp3) is 0.0833. The van der Waals surface area contributed by atoms with Gasteiger partial charge >= 0.3 is 0 Å². The summed E-state index contributed by atoms with van der Waals surface area (Å²) in [5.41, 5.74) is 3.38. The van der Waals surface area contributed by atoms with Crippen LogP contribution in [0.5, 0.6) is 0 Å². The molecule has 6 heteroatoms. The summed E-state index contributed by atoms with van der Waals surface area (Å²) in [4.78, 5) is 17.1. The number of benzene rings is 2. The van der Waals surface area contributed by atoms with Crippen LogP contribution in [-0.2, 0) is 6.42 Å². The number of carbonyl (C=O) groups is 1. The van der Waals surface area contributed by atoms with E-state index in [1.807, 2.05) is 49.4 Å². The van der Waals surface area contributed by atoms with Gasteiger partial charge in [-0.1, -0.05) is 53.5 Å². The van der Waals surface area contributed by atoms with E-state index in [1.54, 1.807) is 30.5 Å². The maximum atomic E-state index is 12.8. The average molecular weight is 437 g/mol. The first-order valence-corrected chi connectivity index (χ1v) is 10.1. The predicted molar refractivity (Wildman–Crippen MR) is 122 cm³/mol. The van der Waals surface area contributed by atoms with Gasteiger partial charge in [0, 0.05) is 17.1 Å². The Kier molecular flexibility index (Phi) is 5.88. The van der Waals surface area contributed by atoms with Gasteiger partial charge in [0.15, 0.2) is 5.58 Å². The SMILES string of the molecule is Cc1oc2c(NC(=O)c3c(Cl)cccc3Cl)cccc2c1C/C=C/c1ccccn1. The van der Waals surface area contributed by atoms with Crippen LogP contribution in [0.15, 0.2) is 71.3 Å². The van der Waals surface area contributed by atoms with Crippen LogP contribution in [0.3, 0.4) is 0 Å². The molecule has 0 saturated heterocycles. The van der Waals surface area contributed by atoms with E-state index in [0.717, 1.165) is 22.4 Å². The van der Waals surface area contributed by atoms with Crippen LogP contribution < -0.4 is 5.32 Å². The van der Waals surface area contributed by atoms with Gasteiger partial charge in [0.05, 0.1) is 27.0 Å². The van der Waals surface area contributed by atoms with E-state index >= 15 is 0 Å². The lowest BCUT2D eigenvalue weighted by Crippen LogP contribution is -2.13. The van der Waals surface area contributed by atoms with Crippen molar-refractivity contribution < 1.29 is 9.21 Å². The molecule has 0 radical (unpaired) electrons. The van der Waals surface area contributed by atoms with Crippen LogP contribution in [0, 0.1) is 6.92 Å². The molecule has 0 spiro atoms. The molecular weight excluding hydrogens is 419 g/mol. The van der Waals surface area contributed by atoms with E-state index < -0.39 is 0 Å². The molecule has 1 N–H and O–H groups in total. The largest absolute Gasteiger partial charge is 0.459 e. The second-order valence-electron chi connectivity index (χ2n) is 6.73. The van der Waals surface area contributed by atoms with Crippen LogP contribution in [0.2, 0.25) is 10.0 Å². The molecule has 2 aromatic heterocycles. The molecule has 4 nitrogen and oxygen atoms in total. The molecule has 4 aromatic rings. The summed E-state index contributed by atoms with van der Waals surface area (Å²) in [6, 6.07) is 16.4. The lowest BCUT2D eigenvalue weighted by atomic mass is 10.1. The first-order chi connectivity index (χ1) is 14.5. The van der Waals surface area contributed by atoms with Gasteiger partial charge in [0.1, 0.15) is 5.76 Å². The second-order valence-corrected chi connectivity index (χ2v) is 7.55. The Hall–Kier alpha value is -3.08. The molecule has 0 atom stereocenters. The van der Waals surface area contributed by atoms with E-state index in [-0.39, 0.29) is 11.5 Å². The van der Waals surface area contributed by atoms with E-state index in [0.29, 0.717) is 27.7 Å². The van der Waals surface area contributed by atoms with Gasteiger partial charge in [0.2, 0.25) is 0 Å². The normalized spacial score (nSPS) is 11.3. The zero-order chi connectivity index (χ0) is 21.1. The number of amides is 1. The fourth-order valence-corrected chi connectivity index (χ4v) is 3.88. The number of halogens is 2. The number of hydrogen-bond acceptors (Lipinski definition) is 3. The first kappa shape index (κ1) is 20.2. The highest BCUT2D eigenvalue weighted by molar-refractivity contribution is 6.40. The summed E-state index contributed by atoms with van der Waals surface area (Å²) in [7, 11) is 0. The van der Waals surface area contributed by atoms with Gasteiger partial charge < -0.3 is 9.73 Å². The van der Waals surface area contributed by atoms with Gasteiger partial charge in [0.25, 0.3) is 5.91 Å². The molecule has 30 heavy (non-hydrogen) atoms. The number of rotatable bonds is 5. The van der Waals surface area contributed by atoms with E-state index in [2.05, 4.69) is 10.3 Å². The maximum Gasteiger partial charge on any atom is 0.258 e. The van der Waals surface area contributed by atoms with Crippen LogP contribution >= 0.6 is 23.2 Å². The van der Waals surface area contributed by atoms with E-state index in [1.165, 1.54) is 0 Å². The molecule has 4 rings (SSSR count). The third kappa shape index (κ3) is 4.11. The zero-order valence-electron chi connectivity index (χ0n) is 16.2. The van der Waals surface area contributed by atoms with Crippen LogP contribution in [-0.4, -0.2) is 10.9 Å². The number of para-hydroxylation sites is 1. The monoisotopic (exact) mass is 436 g/mol. The standard InChI is InChI=1S/C24H18Cl2N2O2/c1-15-17(9-4-8-16-7-2-3-14-27-16)18-10-5-13-21(23(18)30-15)28-24(29)22-19(25)11-6-12-20(22)26/h2-8,10-14H,9H2,1H3,(H,28,29)/b8-4+. The van der Waals surface area contributed by atoms with Crippen molar-refractivity contribution in [2.24, 2.45) is 0 Å². The number of fused-ring (bicyclic) bond motifs is 1. The molecular formula is C24H18Cl2N2O2. The highest BCUT2D eigenvalue weighted by Gasteiger charge is 2.18. The van der Waals surface area contributed by atoms with Crippen molar-refractivity contribution in [3.8, 4) is 0 Å². The van der Waals surface area contributed by atoms with Crippen LogP contribution in [0.25, 0.3) is 17.0 Å². The summed E-state index contributed by atoms with van der Waals surface area (Å²) >= 11 is 12.3. The Bertz CT molecular complexity index is 1230. The molecule has 0 fully saturated rings. The zero-order valence-corrected chi connectivity index (χ0v) is 17.7. The minimum atomic E-state index is -0.385. The highest BCUT2D eigenvalue weighted by atomic mass is 35.5. The number of carbonyl (C=O) groups excluding carboxylic acids is 1. The van der Waals surface area contributed by atoms with Crippen molar-refractivity contribution in [2.75, 3.05) is 5.32 Å². The molecule has 0 aliphatic heterocycles. The Morgan fingerprint density at radius 3 is 2.57 bits per heavy atom. The number of allylic oxidation sites excluding steroid dienone is 1. The number of furan rings is 1. The number of hydrogen-bond donors (Lipinski definition) is 1. The smallest absolute Gasteiger partial charge is 0.258 e. The molecule has 0 saturated carbocycles. The fourth-order valence-electron chi connectivity index (χ4n) is 3.31. The predicted octanol–water partition coefficient (Wildman–Crippen LogP) is 6.95. The maximum absolute atomic E-state index is 12.8. The van der Waals surface area contributed by atoms with Gasteiger partial charge in [-0.15, -0.1) is 0 Å². The summed E-state index contributed by atoms with van der Waals surface area (Å²) in [5.74, 6) is 0.414. The Morgan fingerprint density at radius 2 is 1.83 bits per heavy atom. The molecule has 2 heterocycles. The minimum Gasteiger partial charge on any atom is -0.459 e. The molecule has 0 bridgehead atoms. The Morgan fingerprint density at radius 1 is 1.07 bits per heavy atom. The summed E-state index contributed by atoms with van der Waals surface area (Å²) in [6.45, 7) is 1.92. The Labute approximate surface area is 184 Å². The lowest BCUT2D eigenvalue weighted by molar-refractivity contribution is 0.102. The quantitative estimate of drug-likeness (QED) is 0.368.